The third kappa shape index (κ3) is 18.2. The highest BCUT2D eigenvalue weighted by Crippen LogP contribution is 2.14. The van der Waals surface area contributed by atoms with Gasteiger partial charge in [-0.2, -0.15) is 0 Å². The van der Waals surface area contributed by atoms with E-state index in [0.29, 0.717) is 12.1 Å². The van der Waals surface area contributed by atoms with Crippen LogP contribution in [0.2, 0.25) is 0 Å². The van der Waals surface area contributed by atoms with Gasteiger partial charge >= 0.3 is 12.1 Å². The third-order valence-electron chi connectivity index (χ3n) is 10.2. The minimum absolute atomic E-state index is 0.0339. The smallest absolute Gasteiger partial charge is 0.408 e. The van der Waals surface area contributed by atoms with Crippen LogP contribution in [-0.2, 0) is 57.7 Å². The van der Waals surface area contributed by atoms with Crippen molar-refractivity contribution in [2.75, 3.05) is 7.11 Å². The molecule has 18 heteroatoms. The Kier molecular flexibility index (Phi) is 21.4. The van der Waals surface area contributed by atoms with Crippen LogP contribution in [0.15, 0.2) is 73.2 Å². The van der Waals surface area contributed by atoms with Gasteiger partial charge in [-0.05, 0) is 48.6 Å². The molecule has 18 nitrogen and oxygen atoms in total. The molecule has 0 aliphatic carbocycles. The number of nitrogens with zero attached hydrogens (tertiary/aromatic N) is 1. The van der Waals surface area contributed by atoms with Crippen LogP contribution in [0, 0.1) is 17.8 Å². The number of aromatic amines is 1. The summed E-state index contributed by atoms with van der Waals surface area (Å²) in [5.74, 6) is -4.52. The van der Waals surface area contributed by atoms with E-state index in [2.05, 4.69) is 46.6 Å². The summed E-state index contributed by atoms with van der Waals surface area (Å²) in [6.07, 6.45) is 1.02. The topological polar surface area (TPSA) is 259 Å². The highest BCUT2D eigenvalue weighted by molar-refractivity contribution is 5.96. The number of esters is 1. The molecule has 0 radical (unpaired) electrons. The standard InChI is InChI=1S/C46H66N8O10/c1-27(2)19-34(38(55)23-39(56)63-8)50-41(57)30(7)49-45(61)40(29(5)6)54-44(60)35(20-28(3)4)51-43(59)37(22-33-24-47-26-48-33)52-42(58)36(21-31-15-11-9-12-16-31)53-46(62)64-25-32-17-13-10-14-18-32/h9-18,24,26-30,34-38,40,55H,19-23,25H2,1-8H3,(H,47,48)(H,49,61)(H,50,57)(H,51,59)(H,52,58)(H,53,62)(H,54,60)/t30-,34-,35-,36-,37-,38-,40-/m0/s1. The first kappa shape index (κ1) is 52.0. The van der Waals surface area contributed by atoms with E-state index in [1.807, 2.05) is 52.0 Å². The number of carbonyl (C=O) groups is 7. The minimum Gasteiger partial charge on any atom is -0.469 e. The lowest BCUT2D eigenvalue weighted by molar-refractivity contribution is -0.144. The van der Waals surface area contributed by atoms with Gasteiger partial charge in [-0.3, -0.25) is 28.8 Å². The van der Waals surface area contributed by atoms with Crippen LogP contribution in [0.3, 0.4) is 0 Å². The van der Waals surface area contributed by atoms with Crippen LogP contribution in [0.4, 0.5) is 4.79 Å². The van der Waals surface area contributed by atoms with Crippen molar-refractivity contribution >= 4 is 41.6 Å². The molecule has 3 aromatic rings. The number of aliphatic hydroxyl groups is 1. The molecule has 0 saturated carbocycles. The second-order valence-corrected chi connectivity index (χ2v) is 17.0. The number of alkyl carbamates (subject to hydrolysis) is 1. The number of methoxy groups -OCH3 is 1. The van der Waals surface area contributed by atoms with E-state index in [-0.39, 0.29) is 44.1 Å². The lowest BCUT2D eigenvalue weighted by Crippen LogP contribution is -2.60. The Morgan fingerprint density at radius 3 is 1.75 bits per heavy atom. The maximum absolute atomic E-state index is 14.2. The maximum Gasteiger partial charge on any atom is 0.408 e. The Balaban J connectivity index is 1.78. The Morgan fingerprint density at radius 2 is 1.20 bits per heavy atom. The van der Waals surface area contributed by atoms with Crippen molar-refractivity contribution in [3.05, 3.63) is 90.0 Å². The number of amides is 6. The second-order valence-electron chi connectivity index (χ2n) is 17.0. The zero-order valence-electron chi connectivity index (χ0n) is 38.0. The van der Waals surface area contributed by atoms with Gasteiger partial charge in [-0.25, -0.2) is 9.78 Å². The number of hydrogen-bond acceptors (Lipinski definition) is 11. The Morgan fingerprint density at radius 1 is 0.641 bits per heavy atom. The number of nitrogens with one attached hydrogen (secondary N) is 7. The fourth-order valence-corrected chi connectivity index (χ4v) is 6.72. The van der Waals surface area contributed by atoms with E-state index in [1.54, 1.807) is 50.2 Å². The molecule has 2 aromatic carbocycles. The average molecular weight is 891 g/mol. The number of imidazole rings is 1. The zero-order valence-corrected chi connectivity index (χ0v) is 38.0. The number of ether oxygens (including phenoxy) is 2. The van der Waals surface area contributed by atoms with Gasteiger partial charge in [-0.15, -0.1) is 0 Å². The molecular formula is C46H66N8O10. The largest absolute Gasteiger partial charge is 0.469 e. The van der Waals surface area contributed by atoms with Crippen molar-refractivity contribution in [3.63, 3.8) is 0 Å². The summed E-state index contributed by atoms with van der Waals surface area (Å²) >= 11 is 0. The molecule has 0 bridgehead atoms. The van der Waals surface area contributed by atoms with Gasteiger partial charge in [0.1, 0.15) is 36.8 Å². The summed E-state index contributed by atoms with van der Waals surface area (Å²) in [4.78, 5) is 101. The van der Waals surface area contributed by atoms with Gasteiger partial charge in [0.15, 0.2) is 0 Å². The molecule has 0 aliphatic heterocycles. The van der Waals surface area contributed by atoms with Gasteiger partial charge in [0.25, 0.3) is 0 Å². The average Bonchev–Trinajstić information content (AvgIpc) is 3.77. The summed E-state index contributed by atoms with van der Waals surface area (Å²) in [6.45, 7) is 12.3. The van der Waals surface area contributed by atoms with Gasteiger partial charge in [0.05, 0.1) is 32.0 Å². The molecule has 8 N–H and O–H groups in total. The lowest BCUT2D eigenvalue weighted by atomic mass is 9.97. The van der Waals surface area contributed by atoms with Crippen molar-refractivity contribution in [3.8, 4) is 0 Å². The Bertz CT molecular complexity index is 1950. The van der Waals surface area contributed by atoms with Crippen LogP contribution < -0.4 is 31.9 Å². The van der Waals surface area contributed by atoms with E-state index in [1.165, 1.54) is 26.6 Å². The van der Waals surface area contributed by atoms with Gasteiger partial charge in [0.2, 0.25) is 29.5 Å². The molecule has 0 spiro atoms. The fourth-order valence-electron chi connectivity index (χ4n) is 6.72. The molecule has 3 rings (SSSR count). The van der Waals surface area contributed by atoms with E-state index in [4.69, 9.17) is 4.74 Å². The van der Waals surface area contributed by atoms with Crippen LogP contribution in [0.5, 0.6) is 0 Å². The van der Waals surface area contributed by atoms with E-state index >= 15 is 0 Å². The number of benzene rings is 2. The van der Waals surface area contributed by atoms with Crippen LogP contribution in [0.25, 0.3) is 0 Å². The molecule has 0 fully saturated rings. The normalized spacial score (nSPS) is 14.5. The van der Waals surface area contributed by atoms with E-state index in [0.717, 1.165) is 11.1 Å². The summed E-state index contributed by atoms with van der Waals surface area (Å²) in [7, 11) is 1.20. The molecule has 7 atom stereocenters. The molecule has 6 amide bonds. The Hall–Kier alpha value is -6.30. The number of hydrogen-bond donors (Lipinski definition) is 8. The third-order valence-corrected chi connectivity index (χ3v) is 10.2. The van der Waals surface area contributed by atoms with Gasteiger partial charge in [-0.1, -0.05) is 102 Å². The Labute approximate surface area is 375 Å². The predicted octanol–water partition coefficient (Wildman–Crippen LogP) is 2.61. The number of carbonyl (C=O) groups excluding carboxylic acids is 7. The van der Waals surface area contributed by atoms with Crippen LogP contribution >= 0.6 is 0 Å². The van der Waals surface area contributed by atoms with Gasteiger partial charge < -0.3 is 51.5 Å². The highest BCUT2D eigenvalue weighted by atomic mass is 16.5. The van der Waals surface area contributed by atoms with Crippen molar-refractivity contribution < 1.29 is 48.1 Å². The summed E-state index contributed by atoms with van der Waals surface area (Å²) < 4.78 is 10.1. The van der Waals surface area contributed by atoms with Crippen molar-refractivity contribution in [1.29, 1.82) is 0 Å². The van der Waals surface area contributed by atoms with Crippen molar-refractivity contribution in [2.24, 2.45) is 17.8 Å². The predicted molar refractivity (Wildman–Crippen MR) is 238 cm³/mol. The van der Waals surface area contributed by atoms with E-state index < -0.39 is 89.9 Å². The van der Waals surface area contributed by atoms with Crippen molar-refractivity contribution in [2.45, 2.75) is 130 Å². The minimum atomic E-state index is -1.26. The van der Waals surface area contributed by atoms with Gasteiger partial charge in [0, 0.05) is 24.7 Å². The van der Waals surface area contributed by atoms with Crippen LogP contribution in [0.1, 0.15) is 84.5 Å². The molecule has 0 unspecified atom stereocenters. The number of aliphatic hydroxyl groups excluding tert-OH is 1. The molecule has 64 heavy (non-hydrogen) atoms. The molecule has 1 aromatic heterocycles. The molecule has 350 valence electrons. The number of H-pyrrole nitrogens is 1. The summed E-state index contributed by atoms with van der Waals surface area (Å²) in [5.41, 5.74) is 1.98. The van der Waals surface area contributed by atoms with Crippen LogP contribution in [-0.4, -0.2) is 106 Å². The van der Waals surface area contributed by atoms with Crippen molar-refractivity contribution in [1.82, 2.24) is 41.9 Å². The quantitative estimate of drug-likeness (QED) is 0.0574. The molecule has 0 aliphatic rings. The maximum atomic E-state index is 14.2. The van der Waals surface area contributed by atoms with E-state index in [9.17, 15) is 38.7 Å². The SMILES string of the molecule is COC(=O)C[C@H](O)[C@H](CC(C)C)NC(=O)[C@H](C)NC(=O)[C@@H](NC(=O)[C@H](CC(C)C)NC(=O)[C@H](Cc1cnc[nH]1)NC(=O)[C@H](Cc1ccccc1)NC(=O)OCc1ccccc1)C(C)C. The lowest BCUT2D eigenvalue weighted by Gasteiger charge is -2.29. The fraction of sp³-hybridized carbons (Fsp3) is 0.522. The first-order valence-corrected chi connectivity index (χ1v) is 21.6. The highest BCUT2D eigenvalue weighted by Gasteiger charge is 2.34. The molecular weight excluding hydrogens is 825 g/mol. The molecule has 0 saturated heterocycles. The first-order chi connectivity index (χ1) is 30.4. The second kappa shape index (κ2) is 26.4. The summed E-state index contributed by atoms with van der Waals surface area (Å²) in [5, 5.41) is 27.0. The number of rotatable bonds is 25. The number of aromatic nitrogens is 2. The first-order valence-electron chi connectivity index (χ1n) is 21.6. The summed E-state index contributed by atoms with van der Waals surface area (Å²) in [6, 6.07) is 11.4. The zero-order chi connectivity index (χ0) is 47.3. The monoisotopic (exact) mass is 890 g/mol. The molecule has 1 heterocycles.